The smallest absolute Gasteiger partial charge is 0.243 e. The molecule has 4 N–H and O–H groups in total. The summed E-state index contributed by atoms with van der Waals surface area (Å²) in [6, 6.07) is 25.7. The van der Waals surface area contributed by atoms with Gasteiger partial charge in [0.05, 0.1) is 18.8 Å². The van der Waals surface area contributed by atoms with Crippen molar-refractivity contribution in [3.05, 3.63) is 95.6 Å². The third-order valence-corrected chi connectivity index (χ3v) is 8.09. The molecule has 3 aromatic carbocycles. The predicted molar refractivity (Wildman–Crippen MR) is 158 cm³/mol. The summed E-state index contributed by atoms with van der Waals surface area (Å²) in [5.41, 5.74) is 5.12. The van der Waals surface area contributed by atoms with Crippen LogP contribution in [0.5, 0.6) is 0 Å². The quantitative estimate of drug-likeness (QED) is 0.0767. The van der Waals surface area contributed by atoms with Gasteiger partial charge in [-0.3, -0.25) is 14.8 Å². The lowest BCUT2D eigenvalue weighted by Gasteiger charge is -2.36. The van der Waals surface area contributed by atoms with Crippen LogP contribution in [0.1, 0.15) is 74.0 Å². The van der Waals surface area contributed by atoms with Gasteiger partial charge in [-0.15, -0.1) is 11.8 Å². The number of carbonyl (C=O) groups is 2. The van der Waals surface area contributed by atoms with E-state index in [0.717, 1.165) is 48.1 Å². The van der Waals surface area contributed by atoms with E-state index in [1.807, 2.05) is 66.7 Å². The van der Waals surface area contributed by atoms with E-state index in [0.29, 0.717) is 18.5 Å². The SMILES string of the molecule is O=C(CCCCCCC(=O)Nc1ccc(C2OC(CSc3ccccc3)CC(c3ccc(CO)cc3)O2)cc1)NO. The minimum Gasteiger partial charge on any atom is -0.392 e. The Bertz CT molecular complexity index is 1220. The van der Waals surface area contributed by atoms with Gasteiger partial charge in [0.2, 0.25) is 11.8 Å². The molecule has 41 heavy (non-hydrogen) atoms. The lowest BCUT2D eigenvalue weighted by molar-refractivity contribution is -0.245. The van der Waals surface area contributed by atoms with E-state index in [9.17, 15) is 14.7 Å². The molecule has 0 bridgehead atoms. The van der Waals surface area contributed by atoms with E-state index < -0.39 is 6.29 Å². The molecule has 1 heterocycles. The van der Waals surface area contributed by atoms with E-state index in [-0.39, 0.29) is 37.0 Å². The molecule has 1 aliphatic rings. The number of aliphatic hydroxyl groups is 1. The molecule has 4 rings (SSSR count). The summed E-state index contributed by atoms with van der Waals surface area (Å²) in [5.74, 6) is 0.349. The molecular formula is C32H38N2O6S. The summed E-state index contributed by atoms with van der Waals surface area (Å²) in [5, 5.41) is 20.9. The lowest BCUT2D eigenvalue weighted by atomic mass is 10.0. The number of hydrogen-bond donors (Lipinski definition) is 4. The lowest BCUT2D eigenvalue weighted by Crippen LogP contribution is -2.31. The number of nitrogens with one attached hydrogen (secondary N) is 2. The van der Waals surface area contributed by atoms with Crippen LogP contribution in [0.2, 0.25) is 0 Å². The molecule has 0 spiro atoms. The number of carbonyl (C=O) groups excluding carboxylic acids is 2. The number of benzene rings is 3. The van der Waals surface area contributed by atoms with Gasteiger partial charge in [-0.2, -0.15) is 0 Å². The molecule has 0 saturated carbocycles. The average Bonchev–Trinajstić information content (AvgIpc) is 3.02. The van der Waals surface area contributed by atoms with Crippen molar-refractivity contribution in [2.24, 2.45) is 0 Å². The minimum absolute atomic E-state index is 0.00226. The number of aliphatic hydroxyl groups excluding tert-OH is 1. The summed E-state index contributed by atoms with van der Waals surface area (Å²) >= 11 is 1.76. The maximum atomic E-state index is 12.4. The molecule has 1 aliphatic heterocycles. The first-order valence-corrected chi connectivity index (χ1v) is 15.0. The van der Waals surface area contributed by atoms with Crippen molar-refractivity contribution >= 4 is 29.3 Å². The molecule has 3 atom stereocenters. The number of rotatable bonds is 14. The van der Waals surface area contributed by atoms with E-state index in [4.69, 9.17) is 14.7 Å². The van der Waals surface area contributed by atoms with Crippen LogP contribution < -0.4 is 10.8 Å². The first-order chi connectivity index (χ1) is 20.0. The van der Waals surface area contributed by atoms with Crippen LogP contribution in [-0.4, -0.2) is 34.0 Å². The van der Waals surface area contributed by atoms with Gasteiger partial charge >= 0.3 is 0 Å². The Morgan fingerprint density at radius 3 is 2.12 bits per heavy atom. The molecule has 218 valence electrons. The molecule has 3 unspecified atom stereocenters. The fraction of sp³-hybridized carbons (Fsp3) is 0.375. The minimum atomic E-state index is -0.551. The number of amides is 2. The van der Waals surface area contributed by atoms with Gasteiger partial charge in [-0.05, 0) is 48.2 Å². The number of ether oxygens (including phenoxy) is 2. The van der Waals surface area contributed by atoms with Gasteiger partial charge in [-0.1, -0.05) is 67.4 Å². The summed E-state index contributed by atoms with van der Waals surface area (Å²) in [6.45, 7) is 0.00226. The van der Waals surface area contributed by atoms with E-state index in [2.05, 4.69) is 17.4 Å². The van der Waals surface area contributed by atoms with Crippen molar-refractivity contribution in [2.75, 3.05) is 11.1 Å². The van der Waals surface area contributed by atoms with Crippen molar-refractivity contribution in [1.82, 2.24) is 5.48 Å². The first kappa shape index (κ1) is 30.7. The Morgan fingerprint density at radius 2 is 1.46 bits per heavy atom. The fourth-order valence-corrected chi connectivity index (χ4v) is 5.60. The molecule has 9 heteroatoms. The van der Waals surface area contributed by atoms with Gasteiger partial charge in [-0.25, -0.2) is 5.48 Å². The topological polar surface area (TPSA) is 117 Å². The van der Waals surface area contributed by atoms with Crippen molar-refractivity contribution in [1.29, 1.82) is 0 Å². The third kappa shape index (κ3) is 9.98. The summed E-state index contributed by atoms with van der Waals surface area (Å²) in [6.07, 6.45) is 3.76. The Balaban J connectivity index is 1.33. The second-order valence-electron chi connectivity index (χ2n) is 10.1. The number of anilines is 1. The number of unbranched alkanes of at least 4 members (excludes halogenated alkanes) is 3. The van der Waals surface area contributed by atoms with Gasteiger partial charge in [0.15, 0.2) is 6.29 Å². The number of thioether (sulfide) groups is 1. The highest BCUT2D eigenvalue weighted by Gasteiger charge is 2.32. The van der Waals surface area contributed by atoms with E-state index in [1.165, 1.54) is 4.90 Å². The summed E-state index contributed by atoms with van der Waals surface area (Å²) in [4.78, 5) is 24.6. The zero-order valence-corrected chi connectivity index (χ0v) is 23.9. The Morgan fingerprint density at radius 1 is 0.805 bits per heavy atom. The normalized spacial score (nSPS) is 18.5. The Kier molecular flexibility index (Phi) is 12.2. The highest BCUT2D eigenvalue weighted by atomic mass is 32.2. The second kappa shape index (κ2) is 16.3. The largest absolute Gasteiger partial charge is 0.392 e. The molecular weight excluding hydrogens is 540 g/mol. The second-order valence-corrected chi connectivity index (χ2v) is 11.2. The summed E-state index contributed by atoms with van der Waals surface area (Å²) in [7, 11) is 0. The van der Waals surface area contributed by atoms with Crippen LogP contribution in [0, 0.1) is 0 Å². The Labute approximate surface area is 245 Å². The molecule has 8 nitrogen and oxygen atoms in total. The molecule has 1 saturated heterocycles. The van der Waals surface area contributed by atoms with Crippen LogP contribution >= 0.6 is 11.8 Å². The third-order valence-electron chi connectivity index (χ3n) is 6.94. The fourth-order valence-electron chi connectivity index (χ4n) is 4.66. The van der Waals surface area contributed by atoms with E-state index in [1.54, 1.807) is 17.2 Å². The van der Waals surface area contributed by atoms with Crippen LogP contribution in [0.25, 0.3) is 0 Å². The van der Waals surface area contributed by atoms with Crippen molar-refractivity contribution < 1.29 is 29.4 Å². The predicted octanol–water partition coefficient (Wildman–Crippen LogP) is 6.30. The first-order valence-electron chi connectivity index (χ1n) is 14.0. The van der Waals surface area contributed by atoms with Crippen molar-refractivity contribution in [3.8, 4) is 0 Å². The number of hydroxylamine groups is 1. The average molecular weight is 579 g/mol. The zero-order valence-electron chi connectivity index (χ0n) is 23.0. The highest BCUT2D eigenvalue weighted by molar-refractivity contribution is 7.99. The van der Waals surface area contributed by atoms with Crippen LogP contribution in [0.4, 0.5) is 5.69 Å². The highest BCUT2D eigenvalue weighted by Crippen LogP contribution is 2.39. The molecule has 0 radical (unpaired) electrons. The van der Waals surface area contributed by atoms with Crippen LogP contribution in [0.3, 0.4) is 0 Å². The van der Waals surface area contributed by atoms with Gasteiger partial charge < -0.3 is 19.9 Å². The Hall–Kier alpha value is -3.21. The standard InChI is InChI=1S/C32H38N2O6S/c35-21-23-12-14-24(15-13-23)29-20-27(22-41-28-8-4-3-5-9-28)39-32(40-29)25-16-18-26(19-17-25)33-30(36)10-6-1-2-7-11-31(37)34-38/h3-5,8-9,12-19,27,29,32,35,38H,1-2,6-7,10-11,20-22H2,(H,33,36)(H,34,37). The zero-order chi connectivity index (χ0) is 28.9. The van der Waals surface area contributed by atoms with Crippen molar-refractivity contribution in [2.45, 2.75) is 74.9 Å². The molecule has 0 aromatic heterocycles. The van der Waals surface area contributed by atoms with Gasteiger partial charge in [0, 0.05) is 41.2 Å². The molecule has 3 aromatic rings. The van der Waals surface area contributed by atoms with Crippen molar-refractivity contribution in [3.63, 3.8) is 0 Å². The van der Waals surface area contributed by atoms with Crippen LogP contribution in [0.15, 0.2) is 83.8 Å². The monoisotopic (exact) mass is 578 g/mol. The maximum Gasteiger partial charge on any atom is 0.243 e. The molecule has 2 amide bonds. The molecule has 0 aliphatic carbocycles. The van der Waals surface area contributed by atoms with Crippen LogP contribution in [-0.2, 0) is 25.7 Å². The van der Waals surface area contributed by atoms with E-state index >= 15 is 0 Å². The summed E-state index contributed by atoms with van der Waals surface area (Å²) < 4.78 is 12.8. The molecule has 1 fully saturated rings. The maximum absolute atomic E-state index is 12.4. The number of hydrogen-bond acceptors (Lipinski definition) is 7. The van der Waals surface area contributed by atoms with Gasteiger partial charge in [0.25, 0.3) is 0 Å². The van der Waals surface area contributed by atoms with Gasteiger partial charge in [0.1, 0.15) is 0 Å².